The van der Waals surface area contributed by atoms with Gasteiger partial charge in [-0.25, -0.2) is 0 Å². The van der Waals surface area contributed by atoms with Crippen LogP contribution in [0.15, 0.2) is 0 Å². The number of hydrogen-bond acceptors (Lipinski definition) is 1. The highest BCUT2D eigenvalue weighted by molar-refractivity contribution is 6.63. The molecule has 5 rings (SSSR count). The summed E-state index contributed by atoms with van der Waals surface area (Å²) in [4.78, 5) is -3.14. The number of alkyl halides is 6. The molecule has 0 amide bonds. The second-order valence-electron chi connectivity index (χ2n) is 6.82. The van der Waals surface area contributed by atoms with Crippen molar-refractivity contribution in [2.75, 3.05) is 0 Å². The minimum atomic E-state index is -1.36. The molecule has 0 aromatic carbocycles. The van der Waals surface area contributed by atoms with Gasteiger partial charge >= 0.3 is 0 Å². The molecule has 7 heteroatoms. The van der Waals surface area contributed by atoms with E-state index in [4.69, 9.17) is 69.6 Å². The molecule has 0 radical (unpaired) electrons. The van der Waals surface area contributed by atoms with Crippen molar-refractivity contribution >= 4 is 69.6 Å². The van der Waals surface area contributed by atoms with Crippen LogP contribution in [-0.2, 0) is 0 Å². The fourth-order valence-electron chi connectivity index (χ4n) is 6.48. The van der Waals surface area contributed by atoms with Gasteiger partial charge in [-0.05, 0) is 30.1 Å². The van der Waals surface area contributed by atoms with Gasteiger partial charge in [-0.15, -0.1) is 46.4 Å². The third-order valence-corrected chi connectivity index (χ3v) is 11.8. The van der Waals surface area contributed by atoms with Crippen LogP contribution < -0.4 is 0 Å². The van der Waals surface area contributed by atoms with E-state index in [1.165, 1.54) is 0 Å². The molecule has 1 N–H and O–H groups in total. The van der Waals surface area contributed by atoms with Gasteiger partial charge in [0.15, 0.2) is 4.33 Å². The van der Waals surface area contributed by atoms with E-state index in [2.05, 4.69) is 0 Å². The van der Waals surface area contributed by atoms with Crippen LogP contribution in [0.2, 0.25) is 0 Å². The Hall–Kier alpha value is 1.70. The number of aliphatic hydroxyl groups excluding tert-OH is 1. The maximum atomic E-state index is 10.6. The van der Waals surface area contributed by atoms with Crippen LogP contribution in [0.5, 0.6) is 0 Å². The zero-order chi connectivity index (χ0) is 13.7. The fourth-order valence-corrected chi connectivity index (χ4v) is 10.5. The van der Waals surface area contributed by atoms with Gasteiger partial charge in [-0.1, -0.05) is 23.2 Å². The van der Waals surface area contributed by atoms with Crippen molar-refractivity contribution in [3.63, 3.8) is 0 Å². The molecule has 0 spiro atoms. The molecular weight excluding hydrogens is 373 g/mol. The topological polar surface area (TPSA) is 20.2 Å². The third kappa shape index (κ3) is 0.821. The Morgan fingerprint density at radius 1 is 0.842 bits per heavy atom. The average molecular weight is 383 g/mol. The summed E-state index contributed by atoms with van der Waals surface area (Å²) in [5.74, 6) is 0.170. The first-order chi connectivity index (χ1) is 8.66. The van der Waals surface area contributed by atoms with Gasteiger partial charge in [0.05, 0.1) is 16.4 Å². The monoisotopic (exact) mass is 380 g/mol. The molecule has 5 fully saturated rings. The average Bonchev–Trinajstić information content (AvgIpc) is 2.95. The van der Waals surface area contributed by atoms with Gasteiger partial charge in [-0.2, -0.15) is 0 Å². The molecule has 0 heterocycles. The molecule has 10 atom stereocenters. The number of fused-ring (bicyclic) bond motifs is 5. The summed E-state index contributed by atoms with van der Waals surface area (Å²) in [5.41, 5.74) is 0. The van der Waals surface area contributed by atoms with Gasteiger partial charge < -0.3 is 5.11 Å². The number of hydrogen-bond donors (Lipinski definition) is 1. The molecule has 5 saturated carbocycles. The maximum absolute atomic E-state index is 10.6. The van der Waals surface area contributed by atoms with E-state index >= 15 is 0 Å². The summed E-state index contributed by atoms with van der Waals surface area (Å²) in [5, 5.41) is 9.93. The number of rotatable bonds is 0. The second kappa shape index (κ2) is 3.03. The first-order valence-electron chi connectivity index (χ1n) is 6.43. The lowest BCUT2D eigenvalue weighted by Crippen LogP contribution is -2.54. The van der Waals surface area contributed by atoms with Gasteiger partial charge in [0, 0.05) is 5.92 Å². The summed E-state index contributed by atoms with van der Waals surface area (Å²) >= 11 is 40.5. The largest absolute Gasteiger partial charge is 0.392 e. The SMILES string of the molecule is O[C@@H]1C2CC3C1C1(Cl)[C@H](Cl)C4(Cl)C2C3C1(Cl)C4(Cl)Cl. The maximum Gasteiger partial charge on any atom is 0.160 e. The van der Waals surface area contributed by atoms with Crippen LogP contribution >= 0.6 is 69.6 Å². The first kappa shape index (κ1) is 13.2. The predicted molar refractivity (Wildman–Crippen MR) is 77.9 cm³/mol. The molecule has 5 aliphatic carbocycles. The Labute approximate surface area is 140 Å². The van der Waals surface area contributed by atoms with Crippen molar-refractivity contribution in [2.24, 2.45) is 29.6 Å². The van der Waals surface area contributed by atoms with Crippen molar-refractivity contribution < 1.29 is 5.11 Å². The normalized spacial score (nSPS) is 77.5. The van der Waals surface area contributed by atoms with E-state index in [0.717, 1.165) is 6.42 Å². The minimum absolute atomic E-state index is 0.0465. The Bertz CT molecular complexity index is 526. The zero-order valence-electron chi connectivity index (χ0n) is 9.46. The number of aliphatic hydroxyl groups is 1. The summed E-state index contributed by atoms with van der Waals surface area (Å²) in [7, 11) is 0. The Balaban J connectivity index is 1.93. The zero-order valence-corrected chi connectivity index (χ0v) is 14.0. The number of halogens is 6. The molecule has 5 aliphatic rings. The van der Waals surface area contributed by atoms with E-state index in [9.17, 15) is 5.11 Å². The van der Waals surface area contributed by atoms with E-state index in [0.29, 0.717) is 0 Å². The lowest BCUT2D eigenvalue weighted by Gasteiger charge is -2.41. The molecule has 0 aliphatic heterocycles. The van der Waals surface area contributed by atoms with Gasteiger partial charge in [-0.3, -0.25) is 0 Å². The Morgan fingerprint density at radius 3 is 2.11 bits per heavy atom. The van der Waals surface area contributed by atoms with Crippen LogP contribution in [0.4, 0.5) is 0 Å². The van der Waals surface area contributed by atoms with Crippen LogP contribution in [-0.4, -0.2) is 35.5 Å². The minimum Gasteiger partial charge on any atom is -0.392 e. The fraction of sp³-hybridized carbons (Fsp3) is 1.00. The van der Waals surface area contributed by atoms with Gasteiger partial charge in [0.25, 0.3) is 0 Å². The van der Waals surface area contributed by atoms with Gasteiger partial charge in [0.1, 0.15) is 9.75 Å². The van der Waals surface area contributed by atoms with Crippen LogP contribution in [0.3, 0.4) is 0 Å². The van der Waals surface area contributed by atoms with E-state index in [1.54, 1.807) is 0 Å². The summed E-state index contributed by atoms with van der Waals surface area (Å²) in [6.07, 6.45) is 0.419. The second-order valence-corrected chi connectivity index (χ2v) is 10.4. The molecule has 19 heavy (non-hydrogen) atoms. The van der Waals surface area contributed by atoms with Crippen LogP contribution in [0.25, 0.3) is 0 Å². The molecule has 1 nitrogen and oxygen atoms in total. The van der Waals surface area contributed by atoms with E-state index < -0.39 is 30.4 Å². The van der Waals surface area contributed by atoms with Crippen molar-refractivity contribution in [1.82, 2.24) is 0 Å². The molecule has 0 aromatic heterocycles. The standard InChI is InChI=1S/C12H10Cl6O/c13-8-9(14)6-2-1-3(7(6)19)4-5(2)11(9,16)12(17,18)10(4,8)15/h2-8,19H,1H2/t2?,3?,4?,5?,6?,7-,8+,9?,10?,11?/m1/s1. The van der Waals surface area contributed by atoms with Crippen molar-refractivity contribution in [3.8, 4) is 0 Å². The molecule has 0 aromatic rings. The molecule has 0 saturated heterocycles. The molecular formula is C12H10Cl6O. The molecule has 8 unspecified atom stereocenters. The Morgan fingerprint density at radius 2 is 1.47 bits per heavy atom. The first-order valence-corrected chi connectivity index (χ1v) is 8.76. The predicted octanol–water partition coefficient (Wildman–Crippen LogP) is 3.60. The van der Waals surface area contributed by atoms with Gasteiger partial charge in [0.2, 0.25) is 0 Å². The van der Waals surface area contributed by atoms with E-state index in [-0.39, 0.29) is 29.6 Å². The Kier molecular flexibility index (Phi) is 2.10. The highest BCUT2D eigenvalue weighted by Crippen LogP contribution is 2.91. The van der Waals surface area contributed by atoms with Crippen LogP contribution in [0.1, 0.15) is 6.42 Å². The van der Waals surface area contributed by atoms with Crippen LogP contribution in [0, 0.1) is 29.6 Å². The summed E-state index contributed by atoms with van der Waals surface area (Å²) in [6.45, 7) is 0. The smallest absolute Gasteiger partial charge is 0.160 e. The summed E-state index contributed by atoms with van der Waals surface area (Å²) in [6, 6.07) is 0. The molecule has 106 valence electrons. The van der Waals surface area contributed by atoms with E-state index in [1.807, 2.05) is 0 Å². The highest BCUT2D eigenvalue weighted by Gasteiger charge is 3.00. The van der Waals surface area contributed by atoms with Crippen molar-refractivity contribution in [3.05, 3.63) is 0 Å². The highest BCUT2D eigenvalue weighted by atomic mass is 35.5. The molecule has 4 bridgehead atoms. The lowest BCUT2D eigenvalue weighted by atomic mass is 9.76. The lowest BCUT2D eigenvalue weighted by molar-refractivity contribution is 0.0369. The quantitative estimate of drug-likeness (QED) is 0.635. The van der Waals surface area contributed by atoms with Crippen molar-refractivity contribution in [2.45, 2.75) is 36.9 Å². The summed E-state index contributed by atoms with van der Waals surface area (Å²) < 4.78 is -1.36. The van der Waals surface area contributed by atoms with Crippen molar-refractivity contribution in [1.29, 1.82) is 0 Å². The third-order valence-electron chi connectivity index (χ3n) is 6.78.